The highest BCUT2D eigenvalue weighted by molar-refractivity contribution is 6.02. The Labute approximate surface area is 290 Å². The number of aliphatic carboxylic acids is 1. The monoisotopic (exact) mass is 671 g/mol. The van der Waals surface area contributed by atoms with Crippen LogP contribution in [0, 0.1) is 17.3 Å². The zero-order valence-electron chi connectivity index (χ0n) is 30.6. The Balaban J connectivity index is 1.47. The molecule has 272 valence electrons. The lowest BCUT2D eigenvalue weighted by Crippen LogP contribution is -2.62. The number of carbonyl (C=O) groups is 3. The number of Topliss-reactive ketones (excluding diaryl/α,β-unsaturated/α-hetero) is 1. The number of amides is 2. The van der Waals surface area contributed by atoms with Crippen LogP contribution in [-0.4, -0.2) is 65.7 Å². The number of carboxylic acids is 1. The van der Waals surface area contributed by atoms with Crippen molar-refractivity contribution >= 4 is 24.0 Å². The molecule has 3 rings (SSSR count). The number of ether oxygens (including phenoxy) is 2. The molecule has 5 unspecified atom stereocenters. The highest BCUT2D eigenvalue weighted by Gasteiger charge is 2.59. The van der Waals surface area contributed by atoms with Crippen LogP contribution in [0.15, 0.2) is 29.3 Å². The van der Waals surface area contributed by atoms with Crippen LogP contribution in [0.5, 0.6) is 0 Å². The fraction of sp³-hybridized carbons (Fsp3) is 0.795. The predicted molar refractivity (Wildman–Crippen MR) is 192 cm³/mol. The zero-order chi connectivity index (χ0) is 35.0. The Kier molecular flexibility index (Phi) is 16.3. The van der Waals surface area contributed by atoms with Gasteiger partial charge in [0.2, 0.25) is 0 Å². The smallest absolute Gasteiger partial charge is 0.315 e. The molecule has 3 N–H and O–H groups in total. The summed E-state index contributed by atoms with van der Waals surface area (Å²) in [6.07, 6.45) is 27.4. The van der Waals surface area contributed by atoms with E-state index in [4.69, 9.17) is 9.47 Å². The van der Waals surface area contributed by atoms with Crippen molar-refractivity contribution < 1.29 is 29.0 Å². The fourth-order valence-corrected chi connectivity index (χ4v) is 7.47. The van der Waals surface area contributed by atoms with Crippen molar-refractivity contribution in [3.63, 3.8) is 0 Å². The van der Waals surface area contributed by atoms with Gasteiger partial charge < -0.3 is 25.2 Å². The number of carboxylic acid groups (broad SMARTS) is 1. The van der Waals surface area contributed by atoms with E-state index in [1.54, 1.807) is 26.0 Å². The molecule has 48 heavy (non-hydrogen) atoms. The SMILES string of the molecule is CCCCCCCCC=CCCCCCCCNC(=O)NC1CCCCC1C(C(=O)O)C1(C(=O)C2OC(C)(C)OCC2(C)C)C=CC=N1. The van der Waals surface area contributed by atoms with Crippen molar-refractivity contribution in [2.75, 3.05) is 13.2 Å². The molecule has 9 nitrogen and oxygen atoms in total. The van der Waals surface area contributed by atoms with E-state index < -0.39 is 40.7 Å². The third kappa shape index (κ3) is 11.8. The number of aliphatic imine (C=N–C) groups is 1. The fourth-order valence-electron chi connectivity index (χ4n) is 7.47. The summed E-state index contributed by atoms with van der Waals surface area (Å²) in [7, 11) is 0. The topological polar surface area (TPSA) is 126 Å². The van der Waals surface area contributed by atoms with Crippen molar-refractivity contribution in [2.45, 2.75) is 167 Å². The molecule has 0 aromatic rings. The van der Waals surface area contributed by atoms with Crippen LogP contribution in [0.4, 0.5) is 4.79 Å². The van der Waals surface area contributed by atoms with Gasteiger partial charge in [-0.1, -0.05) is 97.1 Å². The van der Waals surface area contributed by atoms with Gasteiger partial charge in [-0.15, -0.1) is 0 Å². The van der Waals surface area contributed by atoms with Gasteiger partial charge in [0.1, 0.15) is 6.10 Å². The van der Waals surface area contributed by atoms with E-state index in [-0.39, 0.29) is 17.9 Å². The number of ketones is 1. The Bertz CT molecular complexity index is 1100. The zero-order valence-corrected chi connectivity index (χ0v) is 30.6. The molecule has 2 amide bonds. The molecule has 2 heterocycles. The number of hydrogen-bond acceptors (Lipinski definition) is 6. The number of rotatable bonds is 21. The summed E-state index contributed by atoms with van der Waals surface area (Å²) in [6.45, 7) is 10.4. The largest absolute Gasteiger partial charge is 0.481 e. The van der Waals surface area contributed by atoms with Crippen LogP contribution in [0.1, 0.15) is 144 Å². The summed E-state index contributed by atoms with van der Waals surface area (Å²) in [4.78, 5) is 45.1. The van der Waals surface area contributed by atoms with Gasteiger partial charge in [-0.2, -0.15) is 0 Å². The molecule has 9 heteroatoms. The molecule has 0 radical (unpaired) electrons. The molecule has 2 aliphatic heterocycles. The summed E-state index contributed by atoms with van der Waals surface area (Å²) >= 11 is 0. The van der Waals surface area contributed by atoms with Gasteiger partial charge >= 0.3 is 12.0 Å². The minimum absolute atomic E-state index is 0.284. The molecule has 1 saturated carbocycles. The van der Waals surface area contributed by atoms with Crippen LogP contribution < -0.4 is 10.6 Å². The Hall–Kier alpha value is -2.52. The van der Waals surface area contributed by atoms with Gasteiger partial charge in [-0.25, -0.2) is 4.79 Å². The summed E-state index contributed by atoms with van der Waals surface area (Å²) in [5, 5.41) is 16.8. The number of unbranched alkanes of at least 4 members (excludes halogenated alkanes) is 11. The molecule has 5 atom stereocenters. The molecule has 1 aliphatic carbocycles. The lowest BCUT2D eigenvalue weighted by molar-refractivity contribution is -0.304. The van der Waals surface area contributed by atoms with Crippen LogP contribution in [0.3, 0.4) is 0 Å². The molecule has 1 saturated heterocycles. The number of nitrogens with one attached hydrogen (secondary N) is 2. The van der Waals surface area contributed by atoms with E-state index in [2.05, 4.69) is 34.7 Å². The first kappa shape index (κ1) is 39.9. The van der Waals surface area contributed by atoms with Crippen LogP contribution in [0.25, 0.3) is 0 Å². The minimum Gasteiger partial charge on any atom is -0.481 e. The lowest BCUT2D eigenvalue weighted by Gasteiger charge is -2.48. The van der Waals surface area contributed by atoms with Crippen molar-refractivity contribution in [2.24, 2.45) is 22.2 Å². The van der Waals surface area contributed by atoms with Crippen LogP contribution in [0.2, 0.25) is 0 Å². The van der Waals surface area contributed by atoms with Crippen molar-refractivity contribution in [3.8, 4) is 0 Å². The first-order chi connectivity index (χ1) is 22.9. The third-order valence-corrected chi connectivity index (χ3v) is 10.3. The van der Waals surface area contributed by atoms with E-state index >= 15 is 0 Å². The van der Waals surface area contributed by atoms with Crippen molar-refractivity contribution in [3.05, 3.63) is 24.3 Å². The second-order valence-corrected chi connectivity index (χ2v) is 15.4. The second kappa shape index (κ2) is 19.6. The number of nitrogens with zero attached hydrogens (tertiary/aromatic N) is 1. The van der Waals surface area contributed by atoms with Crippen LogP contribution >= 0.6 is 0 Å². The normalized spacial score (nSPS) is 26.8. The predicted octanol–water partition coefficient (Wildman–Crippen LogP) is 8.32. The molecule has 0 bridgehead atoms. The second-order valence-electron chi connectivity index (χ2n) is 15.4. The van der Waals surface area contributed by atoms with Gasteiger partial charge in [0.05, 0.1) is 12.5 Å². The van der Waals surface area contributed by atoms with Crippen molar-refractivity contribution in [1.82, 2.24) is 10.6 Å². The molecule has 0 spiro atoms. The molecule has 0 aromatic heterocycles. The quantitative estimate of drug-likeness (QED) is 0.0832. The maximum Gasteiger partial charge on any atom is 0.315 e. The average Bonchev–Trinajstić information content (AvgIpc) is 3.53. The number of allylic oxidation sites excluding steroid dienone is 3. The van der Waals surface area contributed by atoms with E-state index in [0.29, 0.717) is 26.0 Å². The summed E-state index contributed by atoms with van der Waals surface area (Å²) in [5.41, 5.74) is -2.30. The highest BCUT2D eigenvalue weighted by Crippen LogP contribution is 2.45. The summed E-state index contributed by atoms with van der Waals surface area (Å²) in [6, 6.07) is -0.670. The lowest BCUT2D eigenvalue weighted by atomic mass is 9.64. The average molecular weight is 672 g/mol. The molecule has 0 aromatic carbocycles. The minimum atomic E-state index is -1.62. The Morgan fingerprint density at radius 3 is 2.17 bits per heavy atom. The maximum absolute atomic E-state index is 14.4. The number of urea groups is 1. The van der Waals surface area contributed by atoms with Gasteiger partial charge in [-0.05, 0) is 76.9 Å². The molecule has 2 fully saturated rings. The Morgan fingerprint density at radius 1 is 0.917 bits per heavy atom. The molecular weight excluding hydrogens is 606 g/mol. The first-order valence-electron chi connectivity index (χ1n) is 18.9. The molecular formula is C39H65N3O6. The van der Waals surface area contributed by atoms with Gasteiger partial charge in [0.15, 0.2) is 17.1 Å². The number of hydrogen-bond donors (Lipinski definition) is 3. The van der Waals surface area contributed by atoms with E-state index in [1.165, 1.54) is 64.0 Å². The summed E-state index contributed by atoms with van der Waals surface area (Å²) in [5.74, 6) is -4.08. The standard InChI is InChI=1S/C39H65N3O6/c1-6-7-8-9-10-11-12-13-14-15-16-17-18-19-22-27-40-36(46)42-31-25-21-20-24-30(31)32(35(44)45)39(26-23-28-41-39)33(43)34-37(2,3)29-47-38(4,5)48-34/h13-14,23,26,28,30-32,34H,6-12,15-22,24-25,27,29H2,1-5H3,(H,44,45)(H2,40,42,46). The molecule has 3 aliphatic rings. The van der Waals surface area contributed by atoms with Crippen molar-refractivity contribution in [1.29, 1.82) is 0 Å². The third-order valence-electron chi connectivity index (χ3n) is 10.3. The summed E-state index contributed by atoms with van der Waals surface area (Å²) < 4.78 is 12.0. The van der Waals surface area contributed by atoms with Crippen LogP contribution in [-0.2, 0) is 19.1 Å². The maximum atomic E-state index is 14.4. The Morgan fingerprint density at radius 2 is 1.54 bits per heavy atom. The van der Waals surface area contributed by atoms with Gasteiger partial charge in [-0.3, -0.25) is 14.6 Å². The van der Waals surface area contributed by atoms with Gasteiger partial charge in [0, 0.05) is 24.2 Å². The van der Waals surface area contributed by atoms with E-state index in [1.807, 2.05) is 13.8 Å². The van der Waals surface area contributed by atoms with E-state index in [9.17, 15) is 19.5 Å². The highest BCUT2D eigenvalue weighted by atomic mass is 16.7. The number of carbonyl (C=O) groups excluding carboxylic acids is 2. The van der Waals surface area contributed by atoms with E-state index in [0.717, 1.165) is 38.5 Å². The van der Waals surface area contributed by atoms with Gasteiger partial charge in [0.25, 0.3) is 0 Å². The first-order valence-corrected chi connectivity index (χ1v) is 18.9.